The Balaban J connectivity index is 1.43. The smallest absolute Gasteiger partial charge is 0.120 e. The lowest BCUT2D eigenvalue weighted by Crippen LogP contribution is -2.31. The highest BCUT2D eigenvalue weighted by molar-refractivity contribution is 5.87. The van der Waals surface area contributed by atoms with E-state index in [1.54, 1.807) is 0 Å². The molecule has 0 bridgehead atoms. The first-order chi connectivity index (χ1) is 16.1. The van der Waals surface area contributed by atoms with Gasteiger partial charge in [-0.2, -0.15) is 5.10 Å². The first kappa shape index (κ1) is 21.8. The van der Waals surface area contributed by atoms with Gasteiger partial charge < -0.3 is 14.6 Å². The number of hydrogen-bond donors (Lipinski definition) is 1. The molecule has 0 spiro atoms. The fourth-order valence-electron chi connectivity index (χ4n) is 4.99. The summed E-state index contributed by atoms with van der Waals surface area (Å²) < 4.78 is 10.8. The van der Waals surface area contributed by atoms with Gasteiger partial charge in [0.25, 0.3) is 0 Å². The van der Waals surface area contributed by atoms with E-state index in [0.29, 0.717) is 18.7 Å². The molecule has 0 amide bonds. The van der Waals surface area contributed by atoms with E-state index >= 15 is 0 Å². The summed E-state index contributed by atoms with van der Waals surface area (Å²) in [4.78, 5) is 0. The summed E-state index contributed by atoms with van der Waals surface area (Å²) in [7, 11) is 2.08. The molecule has 0 radical (unpaired) electrons. The van der Waals surface area contributed by atoms with Crippen LogP contribution in [0.1, 0.15) is 48.7 Å². The Kier molecular flexibility index (Phi) is 6.23. The monoisotopic (exact) mass is 442 g/mol. The zero-order valence-corrected chi connectivity index (χ0v) is 19.9. The number of aryl methyl sites for hydroxylation is 2. The summed E-state index contributed by atoms with van der Waals surface area (Å²) in [5, 5.41) is 9.37. The van der Waals surface area contributed by atoms with Gasteiger partial charge in [-0.25, -0.2) is 0 Å². The van der Waals surface area contributed by atoms with Crippen molar-refractivity contribution >= 4 is 10.9 Å². The van der Waals surface area contributed by atoms with Gasteiger partial charge in [0.05, 0.1) is 6.20 Å². The second-order valence-electron chi connectivity index (χ2n) is 9.43. The molecule has 5 nitrogen and oxygen atoms in total. The number of nitrogens with zero attached hydrogens (tertiary/aromatic N) is 3. The third-order valence-corrected chi connectivity index (χ3v) is 6.90. The number of ether oxygens (including phenoxy) is 1. The highest BCUT2D eigenvalue weighted by Gasteiger charge is 2.25. The standard InChI is InChI=1S/C28H34N4O/c1-20(2)32-18-22(17-30-32)13-14-31-27-11-9-23(29-3)15-25(27)26-16-24(10-12-28(26)31)33-19-21-7-5-4-6-8-21/h4-8,10,12,16-18,20,23,29H,9,11,13-15,19H2,1-3H3. The van der Waals surface area contributed by atoms with Gasteiger partial charge in [-0.1, -0.05) is 30.3 Å². The van der Waals surface area contributed by atoms with E-state index in [1.165, 1.54) is 39.7 Å². The number of nitrogens with one attached hydrogen (secondary N) is 1. The molecule has 1 aliphatic rings. The third-order valence-electron chi connectivity index (χ3n) is 6.90. The predicted octanol–water partition coefficient (Wildman–Crippen LogP) is 5.32. The summed E-state index contributed by atoms with van der Waals surface area (Å²) in [5.74, 6) is 0.941. The average molecular weight is 443 g/mol. The summed E-state index contributed by atoms with van der Waals surface area (Å²) in [5.41, 5.74) is 6.78. The summed E-state index contributed by atoms with van der Waals surface area (Å²) in [6.45, 7) is 5.91. The molecule has 1 atom stereocenters. The number of rotatable bonds is 8. The lowest BCUT2D eigenvalue weighted by Gasteiger charge is -2.23. The highest BCUT2D eigenvalue weighted by Crippen LogP contribution is 2.35. The Morgan fingerprint density at radius 3 is 2.73 bits per heavy atom. The minimum absolute atomic E-state index is 0.395. The number of hydrogen-bond acceptors (Lipinski definition) is 3. The molecular weight excluding hydrogens is 408 g/mol. The molecule has 2 heterocycles. The van der Waals surface area contributed by atoms with E-state index in [9.17, 15) is 0 Å². The zero-order chi connectivity index (χ0) is 22.8. The average Bonchev–Trinajstić information content (AvgIpc) is 3.44. The highest BCUT2D eigenvalue weighted by atomic mass is 16.5. The molecule has 0 fully saturated rings. The number of benzene rings is 2. The predicted molar refractivity (Wildman–Crippen MR) is 134 cm³/mol. The maximum Gasteiger partial charge on any atom is 0.120 e. The molecular formula is C28H34N4O. The van der Waals surface area contributed by atoms with Gasteiger partial charge in [-0.05, 0) is 81.5 Å². The van der Waals surface area contributed by atoms with Gasteiger partial charge >= 0.3 is 0 Å². The largest absolute Gasteiger partial charge is 0.489 e. The molecule has 0 saturated carbocycles. The Morgan fingerprint density at radius 2 is 1.97 bits per heavy atom. The summed E-state index contributed by atoms with van der Waals surface area (Å²) in [6.07, 6.45) is 8.57. The molecule has 172 valence electrons. The third kappa shape index (κ3) is 4.55. The first-order valence-electron chi connectivity index (χ1n) is 12.1. The Hall–Kier alpha value is -3.05. The van der Waals surface area contributed by atoms with Crippen LogP contribution >= 0.6 is 0 Å². The lowest BCUT2D eigenvalue weighted by atomic mass is 9.91. The molecule has 33 heavy (non-hydrogen) atoms. The van der Waals surface area contributed by atoms with Crippen molar-refractivity contribution in [2.24, 2.45) is 0 Å². The van der Waals surface area contributed by atoms with Crippen LogP contribution in [0.5, 0.6) is 5.75 Å². The van der Waals surface area contributed by atoms with Crippen LogP contribution < -0.4 is 10.1 Å². The maximum atomic E-state index is 6.17. The van der Waals surface area contributed by atoms with Crippen LogP contribution in [-0.4, -0.2) is 27.4 Å². The molecule has 0 aliphatic heterocycles. The SMILES string of the molecule is CNC1CCc2c(c3cc(OCc4ccccc4)ccc3n2CCc2cnn(C(C)C)c2)C1. The maximum absolute atomic E-state index is 6.17. The quantitative estimate of drug-likeness (QED) is 0.402. The topological polar surface area (TPSA) is 44.0 Å². The van der Waals surface area contributed by atoms with Crippen LogP contribution in [-0.2, 0) is 32.4 Å². The first-order valence-corrected chi connectivity index (χ1v) is 12.1. The molecule has 1 aliphatic carbocycles. The zero-order valence-electron chi connectivity index (χ0n) is 19.9. The van der Waals surface area contributed by atoms with Crippen LogP contribution in [0, 0.1) is 0 Å². The van der Waals surface area contributed by atoms with Crippen molar-refractivity contribution in [3.8, 4) is 5.75 Å². The summed E-state index contributed by atoms with van der Waals surface area (Å²) >= 11 is 0. The molecule has 2 aromatic heterocycles. The number of fused-ring (bicyclic) bond motifs is 3. The normalized spacial score (nSPS) is 15.8. The molecule has 5 heteroatoms. The van der Waals surface area contributed by atoms with Crippen molar-refractivity contribution in [2.75, 3.05) is 7.05 Å². The van der Waals surface area contributed by atoms with Gasteiger partial charge in [0.2, 0.25) is 0 Å². The molecule has 2 aromatic carbocycles. The van der Waals surface area contributed by atoms with Crippen LogP contribution in [0.3, 0.4) is 0 Å². The molecule has 1 unspecified atom stereocenters. The van der Waals surface area contributed by atoms with Crippen molar-refractivity contribution < 1.29 is 4.74 Å². The van der Waals surface area contributed by atoms with Crippen LogP contribution in [0.4, 0.5) is 0 Å². The minimum atomic E-state index is 0.395. The molecule has 4 aromatic rings. The lowest BCUT2D eigenvalue weighted by molar-refractivity contribution is 0.306. The second-order valence-corrected chi connectivity index (χ2v) is 9.43. The van der Waals surface area contributed by atoms with E-state index in [-0.39, 0.29) is 0 Å². The Labute approximate surface area is 196 Å². The van der Waals surface area contributed by atoms with Crippen molar-refractivity contribution in [2.45, 2.75) is 64.8 Å². The molecule has 1 N–H and O–H groups in total. The van der Waals surface area contributed by atoms with E-state index in [2.05, 4.69) is 84.5 Å². The van der Waals surface area contributed by atoms with Crippen molar-refractivity contribution in [3.63, 3.8) is 0 Å². The minimum Gasteiger partial charge on any atom is -0.489 e. The van der Waals surface area contributed by atoms with Crippen LogP contribution in [0.2, 0.25) is 0 Å². The van der Waals surface area contributed by atoms with E-state index in [1.807, 2.05) is 16.9 Å². The van der Waals surface area contributed by atoms with E-state index in [4.69, 9.17) is 4.74 Å². The van der Waals surface area contributed by atoms with Gasteiger partial charge in [-0.15, -0.1) is 0 Å². The fourth-order valence-corrected chi connectivity index (χ4v) is 4.99. The second kappa shape index (κ2) is 9.44. The number of aromatic nitrogens is 3. The van der Waals surface area contributed by atoms with Gasteiger partial charge in [0, 0.05) is 41.4 Å². The summed E-state index contributed by atoms with van der Waals surface area (Å²) in [6, 6.07) is 17.9. The Morgan fingerprint density at radius 1 is 1.12 bits per heavy atom. The van der Waals surface area contributed by atoms with Crippen molar-refractivity contribution in [1.82, 2.24) is 19.7 Å². The fraction of sp³-hybridized carbons (Fsp3) is 0.393. The Bertz CT molecular complexity index is 1220. The molecule has 0 saturated heterocycles. The number of likely N-dealkylation sites (N-methyl/N-ethyl adjacent to an activating group) is 1. The molecule has 5 rings (SSSR count). The van der Waals surface area contributed by atoms with Crippen molar-refractivity contribution in [1.29, 1.82) is 0 Å². The van der Waals surface area contributed by atoms with E-state index in [0.717, 1.165) is 31.6 Å². The van der Waals surface area contributed by atoms with Crippen LogP contribution in [0.15, 0.2) is 60.9 Å². The van der Waals surface area contributed by atoms with Crippen molar-refractivity contribution in [3.05, 3.63) is 83.3 Å². The van der Waals surface area contributed by atoms with Gasteiger partial charge in [-0.3, -0.25) is 4.68 Å². The van der Waals surface area contributed by atoms with Crippen LogP contribution in [0.25, 0.3) is 10.9 Å². The van der Waals surface area contributed by atoms with Gasteiger partial charge in [0.1, 0.15) is 12.4 Å². The van der Waals surface area contributed by atoms with E-state index < -0.39 is 0 Å². The van der Waals surface area contributed by atoms with Gasteiger partial charge in [0.15, 0.2) is 0 Å².